The monoisotopic (exact) mass is 266 g/mol. The van der Waals surface area contributed by atoms with Gasteiger partial charge in [0.05, 0.1) is 16.8 Å². The number of rotatable bonds is 2. The molecule has 0 aromatic rings. The van der Waals surface area contributed by atoms with E-state index in [2.05, 4.69) is 6.92 Å². The molecule has 0 aromatic heterocycles. The van der Waals surface area contributed by atoms with Gasteiger partial charge in [0.25, 0.3) is 0 Å². The molecule has 18 heavy (non-hydrogen) atoms. The third kappa shape index (κ3) is 1.46. The van der Waals surface area contributed by atoms with Crippen LogP contribution in [0.3, 0.4) is 0 Å². The van der Waals surface area contributed by atoms with Gasteiger partial charge in [-0.05, 0) is 38.0 Å². The van der Waals surface area contributed by atoms with Gasteiger partial charge >= 0.3 is 0 Å². The maximum Gasteiger partial charge on any atom is 0.234 e. The van der Waals surface area contributed by atoms with Crippen molar-refractivity contribution in [2.75, 3.05) is 0 Å². The molecule has 5 heteroatoms. The Bertz CT molecular complexity index is 420. The second kappa shape index (κ2) is 3.76. The van der Waals surface area contributed by atoms with Crippen molar-refractivity contribution in [3.05, 3.63) is 0 Å². The highest BCUT2D eigenvalue weighted by Crippen LogP contribution is 2.51. The molecule has 3 fully saturated rings. The summed E-state index contributed by atoms with van der Waals surface area (Å²) < 4.78 is 0. The second-order valence-electron chi connectivity index (χ2n) is 6.04. The zero-order chi connectivity index (χ0) is 13.1. The molecule has 3 rings (SSSR count). The summed E-state index contributed by atoms with van der Waals surface area (Å²) in [7, 11) is 0. The number of carbonyl (C=O) groups excluding carboxylic acids is 2. The Morgan fingerprint density at radius 3 is 2.22 bits per heavy atom. The molecule has 0 aromatic carbocycles. The van der Waals surface area contributed by atoms with E-state index in [9.17, 15) is 9.59 Å². The number of likely N-dealkylation sites (tertiary alicyclic amines) is 1. The van der Waals surface area contributed by atoms with Gasteiger partial charge in [0.1, 0.15) is 5.54 Å². The molecule has 2 saturated carbocycles. The number of fused-ring (bicyclic) bond motifs is 1. The lowest BCUT2D eigenvalue weighted by Gasteiger charge is -2.44. The first-order valence-corrected chi connectivity index (χ1v) is 7.06. The largest absolute Gasteiger partial charge is 0.391 e. The number of hydrogen-bond acceptors (Lipinski definition) is 3. The summed E-state index contributed by atoms with van der Waals surface area (Å²) in [4.78, 5) is 26.2. The van der Waals surface area contributed by atoms with E-state index in [0.717, 1.165) is 32.1 Å². The van der Waals surface area contributed by atoms with Gasteiger partial charge in [0, 0.05) is 0 Å². The minimum atomic E-state index is -0.663. The van der Waals surface area contributed by atoms with Crippen LogP contribution < -0.4 is 5.73 Å². The first-order valence-electron chi connectivity index (χ1n) is 6.65. The van der Waals surface area contributed by atoms with Crippen molar-refractivity contribution >= 4 is 29.0 Å². The maximum absolute atomic E-state index is 12.2. The lowest BCUT2D eigenvalue weighted by Crippen LogP contribution is -2.61. The van der Waals surface area contributed by atoms with Crippen LogP contribution in [0.2, 0.25) is 0 Å². The van der Waals surface area contributed by atoms with Crippen molar-refractivity contribution in [1.82, 2.24) is 4.90 Å². The summed E-state index contributed by atoms with van der Waals surface area (Å²) >= 11 is 5.19. The molecule has 2 atom stereocenters. The van der Waals surface area contributed by atoms with Gasteiger partial charge in [-0.2, -0.15) is 0 Å². The average Bonchev–Trinajstić information content (AvgIpc) is 3.07. The summed E-state index contributed by atoms with van der Waals surface area (Å²) in [6, 6.07) is 0. The fourth-order valence-electron chi connectivity index (χ4n) is 3.42. The average molecular weight is 266 g/mol. The molecule has 98 valence electrons. The standard InChI is InChI=1S/C13H18N2O2S/c1-7-2-4-13(5-3-7,12(14)18)15-10(16)8-6-9(8)11(15)17/h7-9H,2-6H2,1H3,(H2,14,18). The van der Waals surface area contributed by atoms with Crippen LogP contribution in [0.5, 0.6) is 0 Å². The normalized spacial score (nSPS) is 42.9. The third-order valence-corrected chi connectivity index (χ3v) is 5.23. The predicted octanol–water partition coefficient (Wildman–Crippen LogP) is 1.23. The van der Waals surface area contributed by atoms with Gasteiger partial charge < -0.3 is 5.73 Å². The minimum absolute atomic E-state index is 0.0349. The number of piperidine rings is 1. The zero-order valence-electron chi connectivity index (χ0n) is 10.5. The molecule has 1 aliphatic heterocycles. The van der Waals surface area contributed by atoms with Crippen LogP contribution in [-0.4, -0.2) is 27.2 Å². The highest BCUT2D eigenvalue weighted by molar-refractivity contribution is 7.80. The van der Waals surface area contributed by atoms with Crippen LogP contribution in [0, 0.1) is 17.8 Å². The molecule has 0 bridgehead atoms. The van der Waals surface area contributed by atoms with E-state index in [1.807, 2.05) is 0 Å². The molecule has 2 amide bonds. The van der Waals surface area contributed by atoms with Gasteiger partial charge in [-0.15, -0.1) is 0 Å². The van der Waals surface area contributed by atoms with Crippen LogP contribution in [-0.2, 0) is 9.59 Å². The Hall–Kier alpha value is -0.970. The quantitative estimate of drug-likeness (QED) is 0.603. The zero-order valence-corrected chi connectivity index (χ0v) is 11.3. The SMILES string of the molecule is CC1CCC(C(N)=S)(N2C(=O)C3CC3C2=O)CC1. The van der Waals surface area contributed by atoms with Gasteiger partial charge in [-0.3, -0.25) is 14.5 Å². The van der Waals surface area contributed by atoms with E-state index in [4.69, 9.17) is 18.0 Å². The summed E-state index contributed by atoms with van der Waals surface area (Å²) in [5.41, 5.74) is 5.23. The van der Waals surface area contributed by atoms with Gasteiger partial charge in [-0.1, -0.05) is 19.1 Å². The first-order chi connectivity index (χ1) is 8.47. The Balaban J connectivity index is 1.93. The number of amides is 2. The maximum atomic E-state index is 12.2. The lowest BCUT2D eigenvalue weighted by molar-refractivity contribution is -0.147. The summed E-state index contributed by atoms with van der Waals surface area (Å²) in [5, 5.41) is 0. The molecule has 1 saturated heterocycles. The number of hydrogen-bond donors (Lipinski definition) is 1. The topological polar surface area (TPSA) is 63.4 Å². The Morgan fingerprint density at radius 1 is 1.28 bits per heavy atom. The van der Waals surface area contributed by atoms with Crippen molar-refractivity contribution in [1.29, 1.82) is 0 Å². The molecule has 1 heterocycles. The van der Waals surface area contributed by atoms with Crippen LogP contribution in [0.4, 0.5) is 0 Å². The molecular formula is C13H18N2O2S. The minimum Gasteiger partial charge on any atom is -0.391 e. The van der Waals surface area contributed by atoms with Crippen LogP contribution in [0.1, 0.15) is 39.0 Å². The molecule has 3 aliphatic rings. The number of thiocarbonyl (C=S) groups is 1. The highest BCUT2D eigenvalue weighted by Gasteiger charge is 2.64. The first kappa shape index (κ1) is 12.1. The van der Waals surface area contributed by atoms with Crippen molar-refractivity contribution in [2.45, 2.75) is 44.6 Å². The molecule has 2 N–H and O–H groups in total. The van der Waals surface area contributed by atoms with Gasteiger partial charge in [0.2, 0.25) is 11.8 Å². The van der Waals surface area contributed by atoms with Crippen molar-refractivity contribution < 1.29 is 9.59 Å². The summed E-state index contributed by atoms with van der Waals surface area (Å²) in [6.45, 7) is 2.19. The van der Waals surface area contributed by atoms with E-state index in [1.54, 1.807) is 0 Å². The molecule has 2 unspecified atom stereocenters. The fourth-order valence-corrected chi connectivity index (χ4v) is 3.72. The van der Waals surface area contributed by atoms with E-state index in [0.29, 0.717) is 10.9 Å². The highest BCUT2D eigenvalue weighted by atomic mass is 32.1. The number of carbonyl (C=O) groups is 2. The Labute approximate surface area is 112 Å². The molecule has 4 nitrogen and oxygen atoms in total. The summed E-state index contributed by atoms with van der Waals surface area (Å²) in [5.74, 6) is 0.417. The second-order valence-corrected chi connectivity index (χ2v) is 6.48. The van der Waals surface area contributed by atoms with E-state index >= 15 is 0 Å². The van der Waals surface area contributed by atoms with Crippen molar-refractivity contribution in [3.8, 4) is 0 Å². The van der Waals surface area contributed by atoms with Crippen LogP contribution in [0.25, 0.3) is 0 Å². The molecule has 2 aliphatic carbocycles. The molecule has 0 radical (unpaired) electrons. The third-order valence-electron chi connectivity index (χ3n) is 4.85. The van der Waals surface area contributed by atoms with Gasteiger partial charge in [0.15, 0.2) is 0 Å². The number of imide groups is 1. The van der Waals surface area contributed by atoms with E-state index in [1.165, 1.54) is 4.90 Å². The number of nitrogens with zero attached hydrogens (tertiary/aromatic N) is 1. The Morgan fingerprint density at radius 2 is 1.78 bits per heavy atom. The number of nitrogens with two attached hydrogens (primary N) is 1. The van der Waals surface area contributed by atoms with Crippen LogP contribution in [0.15, 0.2) is 0 Å². The van der Waals surface area contributed by atoms with Gasteiger partial charge in [-0.25, -0.2) is 0 Å². The fraction of sp³-hybridized carbons (Fsp3) is 0.769. The molecular weight excluding hydrogens is 248 g/mol. The van der Waals surface area contributed by atoms with E-state index in [-0.39, 0.29) is 23.7 Å². The Kier molecular flexibility index (Phi) is 2.52. The van der Waals surface area contributed by atoms with Crippen molar-refractivity contribution in [3.63, 3.8) is 0 Å². The summed E-state index contributed by atoms with van der Waals surface area (Å²) in [6.07, 6.45) is 4.16. The smallest absolute Gasteiger partial charge is 0.234 e. The lowest BCUT2D eigenvalue weighted by atomic mass is 9.75. The predicted molar refractivity (Wildman–Crippen MR) is 70.6 cm³/mol. The van der Waals surface area contributed by atoms with Crippen LogP contribution >= 0.6 is 12.2 Å². The molecule has 0 spiro atoms. The van der Waals surface area contributed by atoms with Crippen molar-refractivity contribution in [2.24, 2.45) is 23.5 Å². The van der Waals surface area contributed by atoms with E-state index < -0.39 is 5.54 Å².